The molecule has 3 rings (SSSR count). The molecule has 1 fully saturated rings. The molecular formula is C18H23NO5. The molecule has 0 spiro atoms. The summed E-state index contributed by atoms with van der Waals surface area (Å²) in [5.41, 5.74) is 1.16. The number of ether oxygens (including phenoxy) is 2. The summed E-state index contributed by atoms with van der Waals surface area (Å²) in [6, 6.07) is 3.61. The van der Waals surface area contributed by atoms with Crippen molar-refractivity contribution in [2.24, 2.45) is 0 Å². The van der Waals surface area contributed by atoms with E-state index in [1.54, 1.807) is 12.1 Å². The van der Waals surface area contributed by atoms with Crippen LogP contribution >= 0.6 is 0 Å². The Kier molecular flexibility index (Phi) is 4.92. The molecule has 1 atom stereocenters. The van der Waals surface area contributed by atoms with Crippen LogP contribution in [0.25, 0.3) is 0 Å². The van der Waals surface area contributed by atoms with Crippen molar-refractivity contribution in [2.45, 2.75) is 50.5 Å². The summed E-state index contributed by atoms with van der Waals surface area (Å²) in [4.78, 5) is 23.9. The lowest BCUT2D eigenvalue weighted by atomic mass is 9.91. The molecular weight excluding hydrogens is 310 g/mol. The van der Waals surface area contributed by atoms with Crippen molar-refractivity contribution < 1.29 is 24.2 Å². The van der Waals surface area contributed by atoms with Crippen molar-refractivity contribution >= 4 is 11.9 Å². The molecule has 130 valence electrons. The van der Waals surface area contributed by atoms with Crippen LogP contribution in [0.1, 0.15) is 60.4 Å². The molecule has 1 heterocycles. The van der Waals surface area contributed by atoms with Crippen molar-refractivity contribution in [1.29, 1.82) is 0 Å². The van der Waals surface area contributed by atoms with Gasteiger partial charge in [-0.05, 0) is 25.0 Å². The molecule has 1 unspecified atom stereocenters. The minimum atomic E-state index is -0.905. The van der Waals surface area contributed by atoms with Crippen molar-refractivity contribution in [1.82, 2.24) is 5.32 Å². The van der Waals surface area contributed by atoms with E-state index in [0.29, 0.717) is 22.6 Å². The highest BCUT2D eigenvalue weighted by Crippen LogP contribution is 2.44. The monoisotopic (exact) mass is 333 g/mol. The number of rotatable bonds is 5. The fraction of sp³-hybridized carbons (Fsp3) is 0.556. The quantitative estimate of drug-likeness (QED) is 0.865. The van der Waals surface area contributed by atoms with E-state index in [-0.39, 0.29) is 30.9 Å². The number of carbonyl (C=O) groups excluding carboxylic acids is 1. The first-order valence-corrected chi connectivity index (χ1v) is 8.46. The summed E-state index contributed by atoms with van der Waals surface area (Å²) >= 11 is 0. The number of hydrogen-bond acceptors (Lipinski definition) is 4. The molecule has 0 saturated heterocycles. The minimum absolute atomic E-state index is 0.0656. The van der Waals surface area contributed by atoms with Gasteiger partial charge in [-0.15, -0.1) is 0 Å². The second-order valence-electron chi connectivity index (χ2n) is 6.47. The molecule has 1 aromatic rings. The smallest absolute Gasteiger partial charge is 0.304 e. The predicted octanol–water partition coefficient (Wildman–Crippen LogP) is 2.71. The summed E-state index contributed by atoms with van der Waals surface area (Å²) in [6.07, 6.45) is 5.42. The van der Waals surface area contributed by atoms with Gasteiger partial charge in [-0.2, -0.15) is 0 Å². The number of fused-ring (bicyclic) bond motifs is 1. The third kappa shape index (κ3) is 3.32. The zero-order chi connectivity index (χ0) is 17.1. The lowest BCUT2D eigenvalue weighted by molar-refractivity contribution is -0.137. The molecule has 24 heavy (non-hydrogen) atoms. The molecule has 0 aromatic heterocycles. The summed E-state index contributed by atoms with van der Waals surface area (Å²) in [5, 5.41) is 12.2. The van der Waals surface area contributed by atoms with Gasteiger partial charge in [0.1, 0.15) is 0 Å². The van der Waals surface area contributed by atoms with E-state index in [0.717, 1.165) is 25.7 Å². The lowest BCUT2D eigenvalue weighted by Gasteiger charge is -2.23. The fourth-order valence-electron chi connectivity index (χ4n) is 3.64. The highest BCUT2D eigenvalue weighted by molar-refractivity contribution is 5.97. The Morgan fingerprint density at radius 1 is 1.29 bits per heavy atom. The summed E-state index contributed by atoms with van der Waals surface area (Å²) < 4.78 is 10.9. The molecule has 2 N–H and O–H groups in total. The second kappa shape index (κ2) is 7.11. The van der Waals surface area contributed by atoms with Gasteiger partial charge in [0.15, 0.2) is 11.5 Å². The summed E-state index contributed by atoms with van der Waals surface area (Å²) in [7, 11) is 1.53. The Morgan fingerprint density at radius 3 is 2.71 bits per heavy atom. The molecule has 1 aliphatic carbocycles. The van der Waals surface area contributed by atoms with Crippen LogP contribution in [0.5, 0.6) is 11.5 Å². The molecule has 1 amide bonds. The third-order valence-corrected chi connectivity index (χ3v) is 4.82. The highest BCUT2D eigenvalue weighted by Gasteiger charge is 2.34. The zero-order valence-electron chi connectivity index (χ0n) is 13.8. The van der Waals surface area contributed by atoms with Gasteiger partial charge in [0.25, 0.3) is 5.91 Å². The number of methoxy groups -OCH3 is 1. The highest BCUT2D eigenvalue weighted by atomic mass is 16.5. The Hall–Kier alpha value is -2.24. The van der Waals surface area contributed by atoms with Crippen LogP contribution in [0.3, 0.4) is 0 Å². The fourth-order valence-corrected chi connectivity index (χ4v) is 3.64. The van der Waals surface area contributed by atoms with Gasteiger partial charge in [-0.1, -0.05) is 19.3 Å². The van der Waals surface area contributed by atoms with E-state index in [1.165, 1.54) is 13.5 Å². The minimum Gasteiger partial charge on any atom is -0.493 e. The first kappa shape index (κ1) is 16.6. The number of carboxylic acids is 1. The molecule has 2 aliphatic rings. The average Bonchev–Trinajstić information content (AvgIpc) is 2.98. The first-order chi connectivity index (χ1) is 11.6. The normalized spacial score (nSPS) is 20.1. The van der Waals surface area contributed by atoms with Crippen LogP contribution < -0.4 is 14.8 Å². The number of benzene rings is 1. The van der Waals surface area contributed by atoms with Crippen molar-refractivity contribution in [2.75, 3.05) is 13.7 Å². The SMILES string of the molecule is COc1ccc(C(=O)NC2CCCCC2)c2c1OCC2CC(=O)O. The van der Waals surface area contributed by atoms with Crippen molar-refractivity contribution in [3.8, 4) is 11.5 Å². The maximum atomic E-state index is 12.7. The predicted molar refractivity (Wildman–Crippen MR) is 87.8 cm³/mol. The topological polar surface area (TPSA) is 84.9 Å². The number of nitrogens with one attached hydrogen (secondary N) is 1. The van der Waals surface area contributed by atoms with Gasteiger partial charge in [-0.3, -0.25) is 9.59 Å². The van der Waals surface area contributed by atoms with Crippen LogP contribution in [-0.4, -0.2) is 36.7 Å². The maximum absolute atomic E-state index is 12.7. The van der Waals surface area contributed by atoms with Crippen LogP contribution in [0, 0.1) is 0 Å². The maximum Gasteiger partial charge on any atom is 0.304 e. The molecule has 1 saturated carbocycles. The molecule has 1 aliphatic heterocycles. The molecule has 6 heteroatoms. The third-order valence-electron chi connectivity index (χ3n) is 4.82. The molecule has 6 nitrogen and oxygen atoms in total. The molecule has 1 aromatic carbocycles. The van der Waals surface area contributed by atoms with E-state index in [9.17, 15) is 9.59 Å². The number of carboxylic acid groups (broad SMARTS) is 1. The Balaban J connectivity index is 1.88. The Labute approximate surface area is 141 Å². The van der Waals surface area contributed by atoms with E-state index >= 15 is 0 Å². The largest absolute Gasteiger partial charge is 0.493 e. The van der Waals surface area contributed by atoms with E-state index in [2.05, 4.69) is 5.32 Å². The van der Waals surface area contributed by atoms with Gasteiger partial charge in [0, 0.05) is 23.1 Å². The van der Waals surface area contributed by atoms with Gasteiger partial charge in [-0.25, -0.2) is 0 Å². The van der Waals surface area contributed by atoms with Crippen molar-refractivity contribution in [3.63, 3.8) is 0 Å². The van der Waals surface area contributed by atoms with Gasteiger partial charge in [0.2, 0.25) is 0 Å². The van der Waals surface area contributed by atoms with Crippen LogP contribution in [0.15, 0.2) is 12.1 Å². The number of aliphatic carboxylic acids is 1. The van der Waals surface area contributed by atoms with E-state index in [4.69, 9.17) is 14.6 Å². The van der Waals surface area contributed by atoms with E-state index in [1.807, 2.05) is 0 Å². The first-order valence-electron chi connectivity index (χ1n) is 8.46. The van der Waals surface area contributed by atoms with Gasteiger partial charge < -0.3 is 19.9 Å². The van der Waals surface area contributed by atoms with E-state index < -0.39 is 5.97 Å². The number of amides is 1. The number of carbonyl (C=O) groups is 2. The molecule has 0 bridgehead atoms. The Bertz CT molecular complexity index is 637. The van der Waals surface area contributed by atoms with Crippen molar-refractivity contribution in [3.05, 3.63) is 23.3 Å². The van der Waals surface area contributed by atoms with Gasteiger partial charge in [0.05, 0.1) is 20.1 Å². The zero-order valence-corrected chi connectivity index (χ0v) is 13.8. The number of hydrogen-bond donors (Lipinski definition) is 2. The van der Waals surface area contributed by atoms with Crippen LogP contribution in [0.4, 0.5) is 0 Å². The summed E-state index contributed by atoms with van der Waals surface area (Å²) in [5.74, 6) is -0.355. The Morgan fingerprint density at radius 2 is 2.04 bits per heavy atom. The van der Waals surface area contributed by atoms with Gasteiger partial charge >= 0.3 is 5.97 Å². The average molecular weight is 333 g/mol. The van der Waals surface area contributed by atoms with Crippen LogP contribution in [0.2, 0.25) is 0 Å². The molecule has 0 radical (unpaired) electrons. The standard InChI is InChI=1S/C18H23NO5/c1-23-14-8-7-13(18(22)19-12-5-3-2-4-6-12)16-11(9-15(20)21)10-24-17(14)16/h7-8,11-12H,2-6,9-10H2,1H3,(H,19,22)(H,20,21). The lowest BCUT2D eigenvalue weighted by Crippen LogP contribution is -2.36. The summed E-state index contributed by atoms with van der Waals surface area (Å²) in [6.45, 7) is 0.256. The van der Waals surface area contributed by atoms with Crippen LogP contribution in [-0.2, 0) is 4.79 Å². The second-order valence-corrected chi connectivity index (χ2v) is 6.47.